The lowest BCUT2D eigenvalue weighted by Crippen LogP contribution is -2.49. The Hall–Kier alpha value is -1.47. The molecule has 2 aliphatic heterocycles. The number of rotatable bonds is 0. The number of nitrogens with zero attached hydrogens (tertiary/aromatic N) is 2. The van der Waals surface area contributed by atoms with Gasteiger partial charge in [-0.3, -0.25) is 4.79 Å². The first-order chi connectivity index (χ1) is 10.4. The van der Waals surface area contributed by atoms with E-state index >= 15 is 0 Å². The van der Waals surface area contributed by atoms with Crippen LogP contribution < -0.4 is 0 Å². The van der Waals surface area contributed by atoms with Gasteiger partial charge >= 0.3 is 18.2 Å². The van der Waals surface area contributed by atoms with Crippen molar-refractivity contribution >= 4 is 12.0 Å². The smallest absolute Gasteiger partial charge is 0.444 e. The van der Waals surface area contributed by atoms with Gasteiger partial charge in [0.15, 0.2) is 0 Å². The molecule has 0 aromatic carbocycles. The second kappa shape index (κ2) is 5.87. The summed E-state index contributed by atoms with van der Waals surface area (Å²) in [5.41, 5.74) is -1.06. The van der Waals surface area contributed by atoms with E-state index in [-0.39, 0.29) is 13.1 Å². The number of ether oxygens (including phenoxy) is 1. The summed E-state index contributed by atoms with van der Waals surface area (Å²) in [5, 5.41) is 0. The fourth-order valence-corrected chi connectivity index (χ4v) is 3.31. The zero-order valence-electron chi connectivity index (χ0n) is 13.7. The molecule has 0 N–H and O–H groups in total. The fourth-order valence-electron chi connectivity index (χ4n) is 3.31. The van der Waals surface area contributed by atoms with Crippen LogP contribution >= 0.6 is 0 Å². The van der Waals surface area contributed by atoms with Gasteiger partial charge in [0.05, 0.1) is 0 Å². The molecule has 132 valence electrons. The number of carbonyl (C=O) groups excluding carboxylic acids is 2. The molecule has 0 aromatic rings. The molecule has 2 saturated heterocycles. The molecule has 1 unspecified atom stereocenters. The number of alkyl halides is 3. The highest BCUT2D eigenvalue weighted by Gasteiger charge is 2.50. The van der Waals surface area contributed by atoms with Crippen LogP contribution in [0.25, 0.3) is 0 Å². The van der Waals surface area contributed by atoms with E-state index in [0.29, 0.717) is 32.4 Å². The molecule has 0 aromatic heterocycles. The summed E-state index contributed by atoms with van der Waals surface area (Å²) in [4.78, 5) is 26.0. The standard InChI is InChI=1S/C15H23F3N2O3/c1-13(2,3)23-12(22)20-7-4-5-14(10-20)6-8-19(9-14)11(21)15(16,17)18/h4-10H2,1-3H3. The Kier molecular flexibility index (Phi) is 4.56. The molecule has 1 spiro atoms. The molecule has 2 aliphatic rings. The monoisotopic (exact) mass is 336 g/mol. The minimum Gasteiger partial charge on any atom is -0.444 e. The summed E-state index contributed by atoms with van der Waals surface area (Å²) >= 11 is 0. The van der Waals surface area contributed by atoms with Gasteiger partial charge in [0, 0.05) is 31.6 Å². The van der Waals surface area contributed by atoms with Gasteiger partial charge in [0.1, 0.15) is 5.60 Å². The van der Waals surface area contributed by atoms with Crippen molar-refractivity contribution in [3.8, 4) is 0 Å². The first-order valence-corrected chi connectivity index (χ1v) is 7.76. The van der Waals surface area contributed by atoms with Crippen LogP contribution in [0.15, 0.2) is 0 Å². The van der Waals surface area contributed by atoms with Gasteiger partial charge < -0.3 is 14.5 Å². The van der Waals surface area contributed by atoms with Crippen LogP contribution in [0.2, 0.25) is 0 Å². The Balaban J connectivity index is 2.01. The third kappa shape index (κ3) is 4.29. The summed E-state index contributed by atoms with van der Waals surface area (Å²) in [6.45, 7) is 6.30. The number of amides is 2. The topological polar surface area (TPSA) is 49.9 Å². The minimum absolute atomic E-state index is 0.0463. The van der Waals surface area contributed by atoms with Crippen LogP contribution in [0.3, 0.4) is 0 Å². The van der Waals surface area contributed by atoms with E-state index in [1.807, 2.05) is 0 Å². The molecule has 0 saturated carbocycles. The van der Waals surface area contributed by atoms with Crippen LogP contribution in [-0.4, -0.2) is 59.8 Å². The summed E-state index contributed by atoms with van der Waals surface area (Å²) < 4.78 is 43.0. The second-order valence-electron chi connectivity index (χ2n) is 7.48. The number of carbonyl (C=O) groups is 2. The first-order valence-electron chi connectivity index (χ1n) is 7.76. The molecule has 5 nitrogen and oxygen atoms in total. The van der Waals surface area contributed by atoms with Gasteiger partial charge in [-0.1, -0.05) is 0 Å². The number of likely N-dealkylation sites (tertiary alicyclic amines) is 2. The van der Waals surface area contributed by atoms with Crippen molar-refractivity contribution in [3.05, 3.63) is 0 Å². The van der Waals surface area contributed by atoms with Crippen molar-refractivity contribution in [1.82, 2.24) is 9.80 Å². The number of halogens is 3. The van der Waals surface area contributed by atoms with E-state index in [1.54, 1.807) is 25.7 Å². The molecule has 2 rings (SSSR count). The van der Waals surface area contributed by atoms with Crippen LogP contribution in [0, 0.1) is 5.41 Å². The average molecular weight is 336 g/mol. The van der Waals surface area contributed by atoms with Gasteiger partial charge in [-0.15, -0.1) is 0 Å². The van der Waals surface area contributed by atoms with Crippen molar-refractivity contribution in [2.75, 3.05) is 26.2 Å². The van der Waals surface area contributed by atoms with Crippen LogP contribution in [-0.2, 0) is 9.53 Å². The molecule has 2 fully saturated rings. The average Bonchev–Trinajstić information content (AvgIpc) is 2.78. The molecule has 2 heterocycles. The van der Waals surface area contributed by atoms with Crippen molar-refractivity contribution in [2.24, 2.45) is 5.41 Å². The summed E-state index contributed by atoms with van der Waals surface area (Å²) in [7, 11) is 0. The second-order valence-corrected chi connectivity index (χ2v) is 7.48. The Bertz CT molecular complexity index is 487. The predicted molar refractivity (Wildman–Crippen MR) is 76.7 cm³/mol. The van der Waals surface area contributed by atoms with Crippen LogP contribution in [0.1, 0.15) is 40.0 Å². The highest BCUT2D eigenvalue weighted by molar-refractivity contribution is 5.82. The molecule has 23 heavy (non-hydrogen) atoms. The van der Waals surface area contributed by atoms with E-state index in [4.69, 9.17) is 4.74 Å². The molecule has 0 bridgehead atoms. The predicted octanol–water partition coefficient (Wildman–Crippen LogP) is 2.80. The van der Waals surface area contributed by atoms with Gasteiger partial charge in [-0.05, 0) is 40.0 Å². The minimum atomic E-state index is -4.84. The SMILES string of the molecule is CC(C)(C)OC(=O)N1CCCC2(CCN(C(=O)C(F)(F)F)C2)C1. The van der Waals surface area contributed by atoms with Crippen molar-refractivity contribution < 1.29 is 27.5 Å². The third-order valence-corrected chi connectivity index (χ3v) is 4.28. The zero-order chi connectivity index (χ0) is 17.5. The Labute approximate surface area is 133 Å². The zero-order valence-corrected chi connectivity index (χ0v) is 13.7. The maximum absolute atomic E-state index is 12.6. The molecule has 0 aliphatic carbocycles. The lowest BCUT2D eigenvalue weighted by atomic mass is 9.79. The van der Waals surface area contributed by atoms with E-state index in [9.17, 15) is 22.8 Å². The van der Waals surface area contributed by atoms with E-state index in [1.165, 1.54) is 0 Å². The molecule has 8 heteroatoms. The quantitative estimate of drug-likeness (QED) is 0.683. The van der Waals surface area contributed by atoms with E-state index in [0.717, 1.165) is 4.90 Å². The number of piperidine rings is 1. The van der Waals surface area contributed by atoms with Gasteiger partial charge in [0.25, 0.3) is 0 Å². The molecule has 2 amide bonds. The van der Waals surface area contributed by atoms with E-state index in [2.05, 4.69) is 0 Å². The number of hydrogen-bond acceptors (Lipinski definition) is 3. The third-order valence-electron chi connectivity index (χ3n) is 4.28. The van der Waals surface area contributed by atoms with Crippen molar-refractivity contribution in [3.63, 3.8) is 0 Å². The van der Waals surface area contributed by atoms with Crippen molar-refractivity contribution in [1.29, 1.82) is 0 Å². The van der Waals surface area contributed by atoms with Crippen LogP contribution in [0.5, 0.6) is 0 Å². The van der Waals surface area contributed by atoms with Crippen molar-refractivity contribution in [2.45, 2.75) is 51.8 Å². The lowest BCUT2D eigenvalue weighted by molar-refractivity contribution is -0.184. The molecular formula is C15H23F3N2O3. The summed E-state index contributed by atoms with van der Waals surface area (Å²) in [6, 6.07) is 0. The Morgan fingerprint density at radius 2 is 1.61 bits per heavy atom. The highest BCUT2D eigenvalue weighted by atomic mass is 19.4. The molecule has 0 radical (unpaired) electrons. The maximum Gasteiger partial charge on any atom is 0.471 e. The lowest BCUT2D eigenvalue weighted by Gasteiger charge is -2.40. The highest BCUT2D eigenvalue weighted by Crippen LogP contribution is 2.40. The summed E-state index contributed by atoms with van der Waals surface area (Å²) in [6.07, 6.45) is -3.39. The largest absolute Gasteiger partial charge is 0.471 e. The van der Waals surface area contributed by atoms with Gasteiger partial charge in [-0.25, -0.2) is 4.79 Å². The molecule has 1 atom stereocenters. The molecular weight excluding hydrogens is 313 g/mol. The van der Waals surface area contributed by atoms with Gasteiger partial charge in [0.2, 0.25) is 0 Å². The first kappa shape index (κ1) is 17.9. The van der Waals surface area contributed by atoms with E-state index < -0.39 is 29.2 Å². The summed E-state index contributed by atoms with van der Waals surface area (Å²) in [5.74, 6) is -1.79. The maximum atomic E-state index is 12.6. The number of hydrogen-bond donors (Lipinski definition) is 0. The van der Waals surface area contributed by atoms with Crippen LogP contribution in [0.4, 0.5) is 18.0 Å². The van der Waals surface area contributed by atoms with Gasteiger partial charge in [-0.2, -0.15) is 13.2 Å². The normalized spacial score (nSPS) is 25.8. The fraction of sp³-hybridized carbons (Fsp3) is 0.867. The Morgan fingerprint density at radius 3 is 2.17 bits per heavy atom. The Morgan fingerprint density at radius 1 is 1.00 bits per heavy atom.